The minimum Gasteiger partial charge on any atom is -0.269 e. The average Bonchev–Trinajstić information content (AvgIpc) is 2.46. The molecule has 0 fully saturated rings. The second kappa shape index (κ2) is 5.87. The van der Waals surface area contributed by atoms with Crippen molar-refractivity contribution in [1.29, 1.82) is 0 Å². The summed E-state index contributed by atoms with van der Waals surface area (Å²) in [5.41, 5.74) is 2.18. The van der Waals surface area contributed by atoms with E-state index < -0.39 is 0 Å². The van der Waals surface area contributed by atoms with Crippen LogP contribution < -0.4 is 5.56 Å². The Labute approximate surface area is 130 Å². The van der Waals surface area contributed by atoms with E-state index in [0.29, 0.717) is 16.4 Å². The third-order valence-electron chi connectivity index (χ3n) is 3.01. The third kappa shape index (κ3) is 2.94. The SMILES string of the molecule is Cc1cccc2nc(CSc3ncccc3Cl)cc(=O)n12. The van der Waals surface area contributed by atoms with Gasteiger partial charge in [0, 0.05) is 23.7 Å². The van der Waals surface area contributed by atoms with Gasteiger partial charge < -0.3 is 0 Å². The largest absolute Gasteiger partial charge is 0.269 e. The molecule has 0 N–H and O–H groups in total. The number of rotatable bonds is 3. The highest BCUT2D eigenvalue weighted by atomic mass is 35.5. The smallest absolute Gasteiger partial charge is 0.258 e. The first kappa shape index (κ1) is 14.1. The Hall–Kier alpha value is -1.85. The van der Waals surface area contributed by atoms with Crippen LogP contribution in [0.25, 0.3) is 5.65 Å². The number of hydrogen-bond acceptors (Lipinski definition) is 4. The minimum absolute atomic E-state index is 0.0687. The van der Waals surface area contributed by atoms with Crippen LogP contribution in [0.3, 0.4) is 0 Å². The van der Waals surface area contributed by atoms with Crippen molar-refractivity contribution in [2.24, 2.45) is 0 Å². The molecule has 106 valence electrons. The van der Waals surface area contributed by atoms with E-state index in [1.165, 1.54) is 11.8 Å². The number of aryl methyl sites for hydroxylation is 1. The zero-order chi connectivity index (χ0) is 14.8. The Morgan fingerprint density at radius 3 is 2.95 bits per heavy atom. The lowest BCUT2D eigenvalue weighted by molar-refractivity contribution is 0.968. The topological polar surface area (TPSA) is 47.3 Å². The second-order valence-electron chi connectivity index (χ2n) is 4.53. The first-order valence-electron chi connectivity index (χ1n) is 6.37. The van der Waals surface area contributed by atoms with E-state index in [9.17, 15) is 4.79 Å². The van der Waals surface area contributed by atoms with Crippen molar-refractivity contribution in [3.05, 3.63) is 69.4 Å². The van der Waals surface area contributed by atoms with Crippen LogP contribution in [-0.4, -0.2) is 14.4 Å². The van der Waals surface area contributed by atoms with Crippen molar-refractivity contribution in [1.82, 2.24) is 14.4 Å². The van der Waals surface area contributed by atoms with Crippen LogP contribution in [0.2, 0.25) is 5.02 Å². The van der Waals surface area contributed by atoms with Gasteiger partial charge in [-0.1, -0.05) is 29.4 Å². The molecule has 3 heterocycles. The van der Waals surface area contributed by atoms with Crippen LogP contribution in [-0.2, 0) is 5.75 Å². The quantitative estimate of drug-likeness (QED) is 0.695. The molecule has 0 amide bonds. The molecule has 0 saturated carbocycles. The molecule has 0 radical (unpaired) electrons. The molecule has 3 aromatic heterocycles. The lowest BCUT2D eigenvalue weighted by Gasteiger charge is -2.06. The van der Waals surface area contributed by atoms with E-state index in [1.54, 1.807) is 28.8 Å². The van der Waals surface area contributed by atoms with Gasteiger partial charge in [-0.3, -0.25) is 9.20 Å². The first-order valence-corrected chi connectivity index (χ1v) is 7.73. The van der Waals surface area contributed by atoms with Crippen molar-refractivity contribution >= 4 is 29.0 Å². The van der Waals surface area contributed by atoms with Crippen molar-refractivity contribution in [2.45, 2.75) is 17.7 Å². The summed E-state index contributed by atoms with van der Waals surface area (Å²) in [6, 6.07) is 10.8. The molecule has 0 atom stereocenters. The van der Waals surface area contributed by atoms with Gasteiger partial charge in [-0.2, -0.15) is 0 Å². The average molecular weight is 318 g/mol. The summed E-state index contributed by atoms with van der Waals surface area (Å²) in [5.74, 6) is 0.552. The van der Waals surface area contributed by atoms with Crippen LogP contribution in [0, 0.1) is 6.92 Å². The predicted molar refractivity (Wildman–Crippen MR) is 85.0 cm³/mol. The Bertz CT molecular complexity index is 863. The van der Waals surface area contributed by atoms with Crippen LogP contribution in [0.1, 0.15) is 11.4 Å². The number of pyridine rings is 2. The van der Waals surface area contributed by atoms with Crippen LogP contribution in [0.15, 0.2) is 52.4 Å². The molecule has 21 heavy (non-hydrogen) atoms. The zero-order valence-corrected chi connectivity index (χ0v) is 12.9. The zero-order valence-electron chi connectivity index (χ0n) is 11.3. The summed E-state index contributed by atoms with van der Waals surface area (Å²) in [6.07, 6.45) is 1.69. The first-order chi connectivity index (χ1) is 10.1. The normalized spacial score (nSPS) is 11.0. The number of aromatic nitrogens is 3. The molecule has 0 saturated heterocycles. The van der Waals surface area contributed by atoms with Crippen molar-refractivity contribution in [3.8, 4) is 0 Å². The maximum atomic E-state index is 12.2. The van der Waals surface area contributed by atoms with Gasteiger partial charge in [0.25, 0.3) is 5.56 Å². The monoisotopic (exact) mass is 317 g/mol. The van der Waals surface area contributed by atoms with Gasteiger partial charge in [0.1, 0.15) is 10.7 Å². The Balaban J connectivity index is 1.92. The fourth-order valence-corrected chi connectivity index (χ4v) is 3.12. The fraction of sp³-hybridized carbons (Fsp3) is 0.133. The Kier molecular flexibility index (Phi) is 3.94. The van der Waals surface area contributed by atoms with E-state index >= 15 is 0 Å². The second-order valence-corrected chi connectivity index (χ2v) is 5.90. The lowest BCUT2D eigenvalue weighted by atomic mass is 10.3. The van der Waals surface area contributed by atoms with E-state index in [1.807, 2.05) is 25.1 Å². The summed E-state index contributed by atoms with van der Waals surface area (Å²) >= 11 is 7.54. The van der Waals surface area contributed by atoms with Crippen LogP contribution >= 0.6 is 23.4 Å². The molecule has 0 spiro atoms. The van der Waals surface area contributed by atoms with Crippen molar-refractivity contribution in [2.75, 3.05) is 0 Å². The van der Waals surface area contributed by atoms with Crippen molar-refractivity contribution in [3.63, 3.8) is 0 Å². The predicted octanol–water partition coefficient (Wildman–Crippen LogP) is 3.34. The number of halogens is 1. The van der Waals surface area contributed by atoms with E-state index in [0.717, 1.165) is 16.4 Å². The summed E-state index contributed by atoms with van der Waals surface area (Å²) < 4.78 is 1.60. The summed E-state index contributed by atoms with van der Waals surface area (Å²) in [7, 11) is 0. The number of nitrogens with zero attached hydrogens (tertiary/aromatic N) is 3. The Morgan fingerprint density at radius 1 is 1.29 bits per heavy atom. The van der Waals surface area contributed by atoms with Gasteiger partial charge in [-0.15, -0.1) is 0 Å². The maximum absolute atomic E-state index is 12.2. The van der Waals surface area contributed by atoms with Gasteiger partial charge in [0.05, 0.1) is 10.7 Å². The molecule has 0 aliphatic carbocycles. The molecule has 0 unspecified atom stereocenters. The Morgan fingerprint density at radius 2 is 2.14 bits per heavy atom. The highest BCUT2D eigenvalue weighted by molar-refractivity contribution is 7.98. The van der Waals surface area contributed by atoms with Crippen molar-refractivity contribution < 1.29 is 0 Å². The van der Waals surface area contributed by atoms with Gasteiger partial charge in [0.2, 0.25) is 0 Å². The molecule has 0 aliphatic heterocycles. The molecule has 4 nitrogen and oxygen atoms in total. The maximum Gasteiger partial charge on any atom is 0.258 e. The van der Waals surface area contributed by atoms with E-state index in [-0.39, 0.29) is 5.56 Å². The fourth-order valence-electron chi connectivity index (χ4n) is 2.06. The molecule has 0 bridgehead atoms. The lowest BCUT2D eigenvalue weighted by Crippen LogP contribution is -2.17. The minimum atomic E-state index is -0.0687. The van der Waals surface area contributed by atoms with Gasteiger partial charge >= 0.3 is 0 Å². The number of hydrogen-bond donors (Lipinski definition) is 0. The highest BCUT2D eigenvalue weighted by Crippen LogP contribution is 2.26. The number of fused-ring (bicyclic) bond motifs is 1. The molecular weight excluding hydrogens is 306 g/mol. The molecule has 6 heteroatoms. The van der Waals surface area contributed by atoms with Crippen LogP contribution in [0.4, 0.5) is 0 Å². The number of thioether (sulfide) groups is 1. The summed E-state index contributed by atoms with van der Waals surface area (Å²) in [6.45, 7) is 1.89. The van der Waals surface area contributed by atoms with Crippen LogP contribution in [0.5, 0.6) is 0 Å². The van der Waals surface area contributed by atoms with Gasteiger partial charge in [-0.25, -0.2) is 9.97 Å². The van der Waals surface area contributed by atoms with E-state index in [4.69, 9.17) is 11.6 Å². The summed E-state index contributed by atoms with van der Waals surface area (Å²) in [5, 5.41) is 1.35. The standard InChI is InChI=1S/C15H12ClN3OS/c1-10-4-2-6-13-18-11(8-14(20)19(10)13)9-21-15-12(16)5-3-7-17-15/h2-8H,9H2,1H3. The molecular formula is C15H12ClN3OS. The molecule has 3 rings (SSSR count). The third-order valence-corrected chi connectivity index (χ3v) is 4.47. The van der Waals surface area contributed by atoms with Gasteiger partial charge in [0.15, 0.2) is 0 Å². The van der Waals surface area contributed by atoms with Gasteiger partial charge in [-0.05, 0) is 31.2 Å². The molecule has 0 aromatic carbocycles. The molecule has 0 aliphatic rings. The van der Waals surface area contributed by atoms with E-state index in [2.05, 4.69) is 9.97 Å². The summed E-state index contributed by atoms with van der Waals surface area (Å²) in [4.78, 5) is 20.9. The highest BCUT2D eigenvalue weighted by Gasteiger charge is 2.07. The molecule has 3 aromatic rings.